The van der Waals surface area contributed by atoms with Crippen LogP contribution in [0.4, 0.5) is 10.5 Å². The van der Waals surface area contributed by atoms with Crippen molar-refractivity contribution in [2.75, 3.05) is 25.1 Å². The summed E-state index contributed by atoms with van der Waals surface area (Å²) in [4.78, 5) is 49.3. The number of amides is 3. The summed E-state index contributed by atoms with van der Waals surface area (Å²) in [7, 11) is 0. The molecule has 1 aliphatic rings. The average molecular weight is 455 g/mol. The number of hydrogen-bond acceptors (Lipinski definition) is 7. The number of carbonyl (C=O) groups excluding carboxylic acids is 4. The van der Waals surface area contributed by atoms with E-state index in [4.69, 9.17) is 9.47 Å². The summed E-state index contributed by atoms with van der Waals surface area (Å²) >= 11 is 0.749. The third kappa shape index (κ3) is 6.21. The molecule has 2 aromatic carbocycles. The normalized spacial score (nSPS) is 14.6. The average Bonchev–Trinajstić information content (AvgIpc) is 3.02. The molecule has 8 nitrogen and oxygen atoms in total. The Morgan fingerprint density at radius 1 is 1.12 bits per heavy atom. The smallest absolute Gasteiger partial charge is 0.326 e. The molecule has 0 radical (unpaired) electrons. The van der Waals surface area contributed by atoms with Gasteiger partial charge >= 0.3 is 5.97 Å². The minimum atomic E-state index is -0.643. The molecule has 1 N–H and O–H groups in total. The van der Waals surface area contributed by atoms with E-state index < -0.39 is 23.7 Å². The van der Waals surface area contributed by atoms with E-state index in [2.05, 4.69) is 5.32 Å². The SMILES string of the molecule is CCOC(=O)CN1C(=O)S/C(=C\c2cccc(OCC(=O)Nc3ccc(C)cc3)c2)C1=O. The zero-order chi connectivity index (χ0) is 23.1. The molecule has 1 saturated heterocycles. The third-order valence-corrected chi connectivity index (χ3v) is 5.23. The fourth-order valence-electron chi connectivity index (χ4n) is 2.80. The third-order valence-electron chi connectivity index (χ3n) is 4.33. The van der Waals surface area contributed by atoms with Crippen LogP contribution in [0.3, 0.4) is 0 Å². The Kier molecular flexibility index (Phi) is 7.67. The molecule has 0 spiro atoms. The topological polar surface area (TPSA) is 102 Å². The van der Waals surface area contributed by atoms with Gasteiger partial charge in [-0.2, -0.15) is 0 Å². The molecule has 0 saturated carbocycles. The molecule has 9 heteroatoms. The van der Waals surface area contributed by atoms with Gasteiger partial charge in [-0.15, -0.1) is 0 Å². The summed E-state index contributed by atoms with van der Waals surface area (Å²) in [5, 5.41) is 2.22. The molecular weight excluding hydrogens is 432 g/mol. The van der Waals surface area contributed by atoms with Crippen LogP contribution >= 0.6 is 11.8 Å². The highest BCUT2D eigenvalue weighted by atomic mass is 32.2. The molecule has 3 amide bonds. The first-order valence-corrected chi connectivity index (χ1v) is 10.7. The van der Waals surface area contributed by atoms with Gasteiger partial charge in [0.25, 0.3) is 17.1 Å². The molecule has 1 aliphatic heterocycles. The van der Waals surface area contributed by atoms with E-state index >= 15 is 0 Å². The van der Waals surface area contributed by atoms with Crippen LogP contribution in [-0.2, 0) is 19.1 Å². The number of benzene rings is 2. The number of rotatable bonds is 8. The van der Waals surface area contributed by atoms with Gasteiger partial charge in [-0.05, 0) is 61.5 Å². The Morgan fingerprint density at radius 2 is 1.88 bits per heavy atom. The summed E-state index contributed by atoms with van der Waals surface area (Å²) in [5.41, 5.74) is 2.38. The maximum Gasteiger partial charge on any atom is 0.326 e. The van der Waals surface area contributed by atoms with Crippen LogP contribution in [0, 0.1) is 6.92 Å². The number of carbonyl (C=O) groups is 4. The quantitative estimate of drug-likeness (QED) is 0.480. The number of anilines is 1. The lowest BCUT2D eigenvalue weighted by Gasteiger charge is -2.10. The minimum absolute atomic E-state index is 0.167. The molecule has 2 aromatic rings. The van der Waals surface area contributed by atoms with E-state index in [1.807, 2.05) is 31.2 Å². The molecule has 3 rings (SSSR count). The van der Waals surface area contributed by atoms with Crippen LogP contribution in [0.25, 0.3) is 6.08 Å². The van der Waals surface area contributed by atoms with Crippen molar-refractivity contribution in [2.45, 2.75) is 13.8 Å². The minimum Gasteiger partial charge on any atom is -0.484 e. The van der Waals surface area contributed by atoms with Gasteiger partial charge in [-0.1, -0.05) is 29.8 Å². The lowest BCUT2D eigenvalue weighted by molar-refractivity contribution is -0.146. The Labute approximate surface area is 189 Å². The zero-order valence-corrected chi connectivity index (χ0v) is 18.4. The maximum absolute atomic E-state index is 12.5. The Hall–Kier alpha value is -3.59. The highest BCUT2D eigenvalue weighted by Crippen LogP contribution is 2.32. The van der Waals surface area contributed by atoms with E-state index in [1.165, 1.54) is 6.08 Å². The number of imide groups is 1. The van der Waals surface area contributed by atoms with E-state index in [-0.39, 0.29) is 24.0 Å². The lowest BCUT2D eigenvalue weighted by atomic mass is 10.2. The van der Waals surface area contributed by atoms with Crippen molar-refractivity contribution in [1.82, 2.24) is 4.90 Å². The number of nitrogens with zero attached hydrogens (tertiary/aromatic N) is 1. The van der Waals surface area contributed by atoms with Crippen LogP contribution in [0.1, 0.15) is 18.1 Å². The largest absolute Gasteiger partial charge is 0.484 e. The Bertz CT molecular complexity index is 1060. The van der Waals surface area contributed by atoms with Gasteiger partial charge in [0, 0.05) is 5.69 Å². The molecular formula is C23H22N2O6S. The van der Waals surface area contributed by atoms with Crippen LogP contribution in [-0.4, -0.2) is 47.7 Å². The van der Waals surface area contributed by atoms with Crippen molar-refractivity contribution in [1.29, 1.82) is 0 Å². The van der Waals surface area contributed by atoms with Gasteiger partial charge in [0.05, 0.1) is 11.5 Å². The fraction of sp³-hybridized carbons (Fsp3) is 0.217. The number of thioether (sulfide) groups is 1. The predicted octanol–water partition coefficient (Wildman–Crippen LogP) is 3.61. The number of esters is 1. The zero-order valence-electron chi connectivity index (χ0n) is 17.6. The van der Waals surface area contributed by atoms with Gasteiger partial charge in [-0.25, -0.2) is 0 Å². The highest BCUT2D eigenvalue weighted by molar-refractivity contribution is 8.18. The first-order valence-electron chi connectivity index (χ1n) is 9.86. The van der Waals surface area contributed by atoms with Crippen LogP contribution in [0.5, 0.6) is 5.75 Å². The number of nitrogens with one attached hydrogen (secondary N) is 1. The number of hydrogen-bond donors (Lipinski definition) is 1. The molecule has 0 bridgehead atoms. The van der Waals surface area contributed by atoms with E-state index in [0.717, 1.165) is 22.2 Å². The van der Waals surface area contributed by atoms with Crippen molar-refractivity contribution in [2.24, 2.45) is 0 Å². The van der Waals surface area contributed by atoms with E-state index in [1.54, 1.807) is 31.2 Å². The van der Waals surface area contributed by atoms with Gasteiger partial charge in [-0.3, -0.25) is 24.1 Å². The molecule has 32 heavy (non-hydrogen) atoms. The van der Waals surface area contributed by atoms with Gasteiger partial charge in [0.1, 0.15) is 12.3 Å². The molecule has 1 heterocycles. The first-order chi connectivity index (χ1) is 15.4. The first kappa shape index (κ1) is 23.1. The van der Waals surface area contributed by atoms with E-state index in [0.29, 0.717) is 17.0 Å². The van der Waals surface area contributed by atoms with Crippen molar-refractivity contribution >= 4 is 46.5 Å². The molecule has 0 aromatic heterocycles. The standard InChI is InChI=1S/C23H22N2O6S/c1-3-30-21(27)13-25-22(28)19(32-23(25)29)12-16-5-4-6-18(11-16)31-14-20(26)24-17-9-7-15(2)8-10-17/h4-12H,3,13-14H2,1-2H3,(H,24,26)/b19-12-. The van der Waals surface area contributed by atoms with Crippen molar-refractivity contribution < 1.29 is 28.7 Å². The second kappa shape index (κ2) is 10.6. The summed E-state index contributed by atoms with van der Waals surface area (Å²) < 4.78 is 10.3. The van der Waals surface area contributed by atoms with Gasteiger partial charge in [0.15, 0.2) is 6.61 Å². The predicted molar refractivity (Wildman–Crippen MR) is 121 cm³/mol. The molecule has 1 fully saturated rings. The lowest BCUT2D eigenvalue weighted by Crippen LogP contribution is -2.34. The van der Waals surface area contributed by atoms with Crippen LogP contribution in [0.2, 0.25) is 0 Å². The van der Waals surface area contributed by atoms with Crippen LogP contribution in [0.15, 0.2) is 53.4 Å². The number of ether oxygens (including phenoxy) is 2. The van der Waals surface area contributed by atoms with Crippen molar-refractivity contribution in [3.05, 3.63) is 64.6 Å². The summed E-state index contributed by atoms with van der Waals surface area (Å²) in [6, 6.07) is 14.2. The summed E-state index contributed by atoms with van der Waals surface area (Å²) in [5.74, 6) is -1.07. The summed E-state index contributed by atoms with van der Waals surface area (Å²) in [6.07, 6.45) is 1.54. The fourth-order valence-corrected chi connectivity index (χ4v) is 3.64. The van der Waals surface area contributed by atoms with Gasteiger partial charge < -0.3 is 14.8 Å². The maximum atomic E-state index is 12.5. The molecule has 0 aliphatic carbocycles. The number of aryl methyl sites for hydroxylation is 1. The Morgan fingerprint density at radius 3 is 2.59 bits per heavy atom. The van der Waals surface area contributed by atoms with E-state index in [9.17, 15) is 19.2 Å². The van der Waals surface area contributed by atoms with Crippen molar-refractivity contribution in [3.8, 4) is 5.75 Å². The summed E-state index contributed by atoms with van der Waals surface area (Å²) in [6.45, 7) is 3.17. The van der Waals surface area contributed by atoms with Gasteiger partial charge in [0.2, 0.25) is 0 Å². The Balaban J connectivity index is 1.60. The monoisotopic (exact) mass is 454 g/mol. The molecule has 0 unspecified atom stereocenters. The highest BCUT2D eigenvalue weighted by Gasteiger charge is 2.36. The second-order valence-corrected chi connectivity index (χ2v) is 7.84. The van der Waals surface area contributed by atoms with Crippen LogP contribution < -0.4 is 10.1 Å². The second-order valence-electron chi connectivity index (χ2n) is 6.85. The molecule has 166 valence electrons. The van der Waals surface area contributed by atoms with Crippen molar-refractivity contribution in [3.63, 3.8) is 0 Å². The molecule has 0 atom stereocenters.